The van der Waals surface area contributed by atoms with Crippen molar-refractivity contribution in [3.05, 3.63) is 96.6 Å². The van der Waals surface area contributed by atoms with Gasteiger partial charge >= 0.3 is 0 Å². The minimum atomic E-state index is -0.378. The van der Waals surface area contributed by atoms with Crippen molar-refractivity contribution in [3.63, 3.8) is 0 Å². The SMILES string of the molecule is CC(C)P(c1ccccc1-c1cc(C(C)(C)C)cc(-c2ccccc2P(C(C)C)C(C)C)c1Oc1ccccc1)C(C)C. The molecule has 0 bridgehead atoms. The largest absolute Gasteiger partial charge is 0.456 e. The van der Waals surface area contributed by atoms with Gasteiger partial charge in [0.15, 0.2) is 0 Å². The van der Waals surface area contributed by atoms with E-state index in [0.717, 1.165) is 11.5 Å². The Balaban J connectivity index is 2.16. The number of rotatable bonds is 10. The van der Waals surface area contributed by atoms with E-state index in [9.17, 15) is 0 Å². The van der Waals surface area contributed by atoms with E-state index < -0.39 is 0 Å². The van der Waals surface area contributed by atoms with Crippen molar-refractivity contribution in [3.8, 4) is 33.8 Å². The molecule has 43 heavy (non-hydrogen) atoms. The van der Waals surface area contributed by atoms with E-state index in [-0.39, 0.29) is 21.3 Å². The second kappa shape index (κ2) is 14.1. The number of para-hydroxylation sites is 1. The maximum absolute atomic E-state index is 7.04. The first-order valence-electron chi connectivity index (χ1n) is 16.0. The van der Waals surface area contributed by atoms with Crippen LogP contribution in [-0.4, -0.2) is 22.6 Å². The Bertz CT molecular complexity index is 1390. The van der Waals surface area contributed by atoms with Crippen LogP contribution < -0.4 is 15.3 Å². The molecule has 4 aromatic rings. The van der Waals surface area contributed by atoms with Crippen molar-refractivity contribution < 1.29 is 4.74 Å². The fraction of sp³-hybridized carbons (Fsp3) is 0.400. The number of benzene rings is 4. The first-order chi connectivity index (χ1) is 20.3. The van der Waals surface area contributed by atoms with Crippen molar-refractivity contribution in [1.29, 1.82) is 0 Å². The lowest BCUT2D eigenvalue weighted by molar-refractivity contribution is 0.485. The molecule has 0 aliphatic rings. The molecule has 0 aliphatic heterocycles. The Morgan fingerprint density at radius 1 is 0.488 bits per heavy atom. The van der Waals surface area contributed by atoms with Crippen LogP contribution in [0, 0.1) is 0 Å². The van der Waals surface area contributed by atoms with E-state index in [4.69, 9.17) is 4.74 Å². The van der Waals surface area contributed by atoms with Crippen molar-refractivity contribution in [2.45, 2.75) is 104 Å². The first-order valence-corrected chi connectivity index (χ1v) is 18.9. The van der Waals surface area contributed by atoms with Gasteiger partial charge in [0.1, 0.15) is 11.5 Å². The normalized spacial score (nSPS) is 12.4. The second-order valence-electron chi connectivity index (χ2n) is 13.8. The standard InChI is InChI=1S/C40H52OP2/c1-27(2)42(28(3)4)37-23-17-15-21-33(37)35-25-31(40(9,10)11)26-36(39(35)41-32-19-13-12-14-20-32)34-22-16-18-24-38(34)43(29(5)6)30(7)8/h12-30H,1-11H3. The second-order valence-corrected chi connectivity index (χ2v) is 20.5. The quantitative estimate of drug-likeness (QED) is 0.162. The van der Waals surface area contributed by atoms with Gasteiger partial charge in [0.05, 0.1) is 0 Å². The average molecular weight is 611 g/mol. The predicted molar refractivity (Wildman–Crippen MR) is 196 cm³/mol. The molecule has 0 aliphatic carbocycles. The van der Waals surface area contributed by atoms with E-state index in [1.54, 1.807) is 0 Å². The highest BCUT2D eigenvalue weighted by Crippen LogP contribution is 2.52. The average Bonchev–Trinajstić information content (AvgIpc) is 2.93. The van der Waals surface area contributed by atoms with Gasteiger partial charge in [-0.3, -0.25) is 0 Å². The highest BCUT2D eigenvalue weighted by molar-refractivity contribution is 7.67. The fourth-order valence-electron chi connectivity index (χ4n) is 6.34. The maximum atomic E-state index is 7.04. The molecule has 0 saturated heterocycles. The molecule has 0 saturated carbocycles. The Labute approximate surface area is 265 Å². The molecule has 4 aromatic carbocycles. The molecule has 0 aromatic heterocycles. The molecule has 0 fully saturated rings. The van der Waals surface area contributed by atoms with Crippen LogP contribution in [0.1, 0.15) is 81.7 Å². The minimum absolute atomic E-state index is 0.0275. The summed E-state index contributed by atoms with van der Waals surface area (Å²) in [5.74, 6) is 1.83. The van der Waals surface area contributed by atoms with Crippen LogP contribution in [0.15, 0.2) is 91.0 Å². The number of hydrogen-bond donors (Lipinski definition) is 0. The molecular weight excluding hydrogens is 558 g/mol. The van der Waals surface area contributed by atoms with Crippen LogP contribution >= 0.6 is 15.8 Å². The molecule has 0 N–H and O–H groups in total. The third-order valence-electron chi connectivity index (χ3n) is 8.09. The third kappa shape index (κ3) is 7.62. The van der Waals surface area contributed by atoms with Gasteiger partial charge < -0.3 is 4.74 Å². The molecule has 0 unspecified atom stereocenters. The van der Waals surface area contributed by atoms with Gasteiger partial charge in [-0.2, -0.15) is 0 Å². The molecule has 1 nitrogen and oxygen atoms in total. The van der Waals surface area contributed by atoms with Crippen molar-refractivity contribution >= 4 is 26.5 Å². The molecular formula is C40H52OP2. The molecule has 4 rings (SSSR count). The maximum Gasteiger partial charge on any atom is 0.143 e. The topological polar surface area (TPSA) is 9.23 Å². The molecule has 0 amide bonds. The zero-order valence-corrected chi connectivity index (χ0v) is 30.1. The van der Waals surface area contributed by atoms with E-state index in [2.05, 4.69) is 167 Å². The Kier molecular flexibility index (Phi) is 11.0. The van der Waals surface area contributed by atoms with Crippen LogP contribution in [0.5, 0.6) is 11.5 Å². The van der Waals surface area contributed by atoms with Gasteiger partial charge in [-0.1, -0.05) is 159 Å². The van der Waals surface area contributed by atoms with E-state index in [1.165, 1.54) is 38.4 Å². The van der Waals surface area contributed by atoms with Gasteiger partial charge in [-0.25, -0.2) is 0 Å². The van der Waals surface area contributed by atoms with Gasteiger partial charge in [0, 0.05) is 11.1 Å². The van der Waals surface area contributed by atoms with Crippen LogP contribution in [0.4, 0.5) is 0 Å². The Morgan fingerprint density at radius 2 is 0.860 bits per heavy atom. The highest BCUT2D eigenvalue weighted by Gasteiger charge is 2.29. The van der Waals surface area contributed by atoms with Crippen LogP contribution in [0.25, 0.3) is 22.3 Å². The zero-order valence-electron chi connectivity index (χ0n) is 28.3. The predicted octanol–water partition coefficient (Wildman–Crippen LogP) is 12.0. The fourth-order valence-corrected chi connectivity index (χ4v) is 12.4. The smallest absolute Gasteiger partial charge is 0.143 e. The van der Waals surface area contributed by atoms with Gasteiger partial charge in [-0.05, 0) is 79.6 Å². The summed E-state index contributed by atoms with van der Waals surface area (Å²) in [6.07, 6.45) is 0. The highest BCUT2D eigenvalue weighted by atomic mass is 31.1. The van der Waals surface area contributed by atoms with E-state index in [0.29, 0.717) is 22.6 Å². The minimum Gasteiger partial charge on any atom is -0.456 e. The zero-order chi connectivity index (χ0) is 31.5. The van der Waals surface area contributed by atoms with Crippen LogP contribution in [-0.2, 0) is 5.41 Å². The molecule has 228 valence electrons. The van der Waals surface area contributed by atoms with Crippen molar-refractivity contribution in [2.24, 2.45) is 0 Å². The summed E-state index contributed by atoms with van der Waals surface area (Å²) < 4.78 is 7.04. The lowest BCUT2D eigenvalue weighted by atomic mass is 9.82. The van der Waals surface area contributed by atoms with Gasteiger partial charge in [-0.15, -0.1) is 0 Å². The summed E-state index contributed by atoms with van der Waals surface area (Å²) in [6.45, 7) is 26.1. The summed E-state index contributed by atoms with van der Waals surface area (Å²) >= 11 is 0. The third-order valence-corrected chi connectivity index (χ3v) is 14.4. The van der Waals surface area contributed by atoms with Gasteiger partial charge in [0.25, 0.3) is 0 Å². The lowest BCUT2D eigenvalue weighted by Gasteiger charge is -2.31. The lowest BCUT2D eigenvalue weighted by Crippen LogP contribution is -2.19. The Hall–Kier alpha value is -2.46. The Morgan fingerprint density at radius 3 is 1.23 bits per heavy atom. The summed E-state index contributed by atoms with van der Waals surface area (Å²) in [4.78, 5) is 0. The summed E-state index contributed by atoms with van der Waals surface area (Å²) in [5.41, 5.74) is 8.65. The van der Waals surface area contributed by atoms with Crippen molar-refractivity contribution in [2.75, 3.05) is 0 Å². The van der Waals surface area contributed by atoms with E-state index in [1.807, 2.05) is 0 Å². The van der Waals surface area contributed by atoms with Crippen molar-refractivity contribution in [1.82, 2.24) is 0 Å². The molecule has 0 heterocycles. The molecule has 0 atom stereocenters. The summed E-state index contributed by atoms with van der Waals surface area (Å²) in [6, 6.07) is 33.4. The number of hydrogen-bond acceptors (Lipinski definition) is 1. The van der Waals surface area contributed by atoms with Crippen LogP contribution in [0.3, 0.4) is 0 Å². The van der Waals surface area contributed by atoms with Gasteiger partial charge in [0.2, 0.25) is 0 Å². The summed E-state index contributed by atoms with van der Waals surface area (Å²) in [5, 5.41) is 2.94. The van der Waals surface area contributed by atoms with Crippen LogP contribution in [0.2, 0.25) is 0 Å². The molecule has 0 spiro atoms. The first kappa shape index (κ1) is 33.4. The summed E-state index contributed by atoms with van der Waals surface area (Å²) in [7, 11) is -0.755. The monoisotopic (exact) mass is 610 g/mol. The molecule has 3 heteroatoms. The van der Waals surface area contributed by atoms with E-state index >= 15 is 0 Å². The number of ether oxygens (including phenoxy) is 1. The molecule has 0 radical (unpaired) electrons.